The maximum Gasteiger partial charge on any atom is 0.244 e. The highest BCUT2D eigenvalue weighted by Gasteiger charge is 2.20. The van der Waals surface area contributed by atoms with E-state index in [0.717, 1.165) is 17.9 Å². The molecule has 0 saturated heterocycles. The quantitative estimate of drug-likeness (QED) is 0.741. The number of nitrogens with zero attached hydrogens (tertiary/aromatic N) is 1. The van der Waals surface area contributed by atoms with Crippen molar-refractivity contribution in [1.29, 1.82) is 0 Å². The molecular formula is C10H19N3O2S2. The number of aromatic nitrogens is 2. The van der Waals surface area contributed by atoms with Crippen molar-refractivity contribution in [3.63, 3.8) is 0 Å². The van der Waals surface area contributed by atoms with Crippen molar-refractivity contribution >= 4 is 21.8 Å². The number of aromatic amines is 1. The van der Waals surface area contributed by atoms with Gasteiger partial charge in [-0.2, -0.15) is 16.9 Å². The molecule has 7 heteroatoms. The van der Waals surface area contributed by atoms with E-state index in [1.165, 1.54) is 6.20 Å². The van der Waals surface area contributed by atoms with Crippen molar-refractivity contribution in [2.24, 2.45) is 0 Å². The first-order valence-electron chi connectivity index (χ1n) is 5.57. The van der Waals surface area contributed by atoms with E-state index in [-0.39, 0.29) is 10.9 Å². The van der Waals surface area contributed by atoms with E-state index >= 15 is 0 Å². The van der Waals surface area contributed by atoms with Gasteiger partial charge in [-0.25, -0.2) is 13.1 Å². The minimum Gasteiger partial charge on any atom is -0.281 e. The lowest BCUT2D eigenvalue weighted by Crippen LogP contribution is -2.33. The third kappa shape index (κ3) is 4.33. The lowest BCUT2D eigenvalue weighted by Gasteiger charge is -2.13. The Labute approximate surface area is 107 Å². The fourth-order valence-electron chi connectivity index (χ4n) is 1.40. The molecule has 0 bridgehead atoms. The van der Waals surface area contributed by atoms with Gasteiger partial charge in [0.1, 0.15) is 4.90 Å². The summed E-state index contributed by atoms with van der Waals surface area (Å²) in [7, 11) is -3.44. The average Bonchev–Trinajstić information content (AvgIpc) is 2.64. The maximum absolute atomic E-state index is 12.0. The van der Waals surface area contributed by atoms with Crippen molar-refractivity contribution in [3.8, 4) is 0 Å². The zero-order chi connectivity index (χ0) is 12.9. The first kappa shape index (κ1) is 14.5. The highest BCUT2D eigenvalue weighted by molar-refractivity contribution is 7.99. The Morgan fingerprint density at radius 1 is 1.59 bits per heavy atom. The lowest BCUT2D eigenvalue weighted by atomic mass is 10.3. The van der Waals surface area contributed by atoms with Gasteiger partial charge in [0.25, 0.3) is 0 Å². The predicted molar refractivity (Wildman–Crippen MR) is 70.7 cm³/mol. The van der Waals surface area contributed by atoms with Crippen molar-refractivity contribution in [2.75, 3.05) is 11.5 Å². The van der Waals surface area contributed by atoms with Gasteiger partial charge in [0.05, 0.1) is 11.9 Å². The van der Waals surface area contributed by atoms with E-state index in [2.05, 4.69) is 21.8 Å². The highest BCUT2D eigenvalue weighted by Crippen LogP contribution is 2.12. The van der Waals surface area contributed by atoms with Gasteiger partial charge in [0.2, 0.25) is 10.0 Å². The van der Waals surface area contributed by atoms with Crippen LogP contribution in [0.2, 0.25) is 0 Å². The second kappa shape index (κ2) is 6.42. The molecule has 0 fully saturated rings. The van der Waals surface area contributed by atoms with Gasteiger partial charge in [0.15, 0.2) is 0 Å². The third-order valence-electron chi connectivity index (χ3n) is 2.33. The van der Waals surface area contributed by atoms with Crippen molar-refractivity contribution < 1.29 is 8.42 Å². The van der Waals surface area contributed by atoms with E-state index in [4.69, 9.17) is 0 Å². The number of aryl methyl sites for hydroxylation is 1. The Kier molecular flexibility index (Phi) is 5.48. The van der Waals surface area contributed by atoms with E-state index in [1.54, 1.807) is 6.92 Å². The van der Waals surface area contributed by atoms with E-state index in [9.17, 15) is 8.42 Å². The molecular weight excluding hydrogens is 258 g/mol. The summed E-state index contributed by atoms with van der Waals surface area (Å²) in [6, 6.07) is -0.0617. The number of nitrogens with one attached hydrogen (secondary N) is 2. The summed E-state index contributed by atoms with van der Waals surface area (Å²) in [5.41, 5.74) is 0.563. The second-order valence-corrected chi connectivity index (χ2v) is 6.94. The molecule has 0 aliphatic rings. The zero-order valence-corrected chi connectivity index (χ0v) is 12.0. The van der Waals surface area contributed by atoms with Gasteiger partial charge >= 0.3 is 0 Å². The monoisotopic (exact) mass is 277 g/mol. The van der Waals surface area contributed by atoms with Crippen LogP contribution in [0.3, 0.4) is 0 Å². The molecule has 2 N–H and O–H groups in total. The molecule has 5 nitrogen and oxygen atoms in total. The Hall–Kier alpha value is -0.530. The molecule has 0 aliphatic carbocycles. The number of rotatable bonds is 7. The molecule has 98 valence electrons. The van der Waals surface area contributed by atoms with Crippen molar-refractivity contribution in [2.45, 2.75) is 38.1 Å². The molecule has 17 heavy (non-hydrogen) atoms. The van der Waals surface area contributed by atoms with Gasteiger partial charge in [-0.1, -0.05) is 6.92 Å². The standard InChI is InChI=1S/C10H19N3O2S2/c1-4-16-6-5-8(2)13-17(14,15)10-7-11-12-9(10)3/h7-8,13H,4-6H2,1-3H3,(H,11,12). The number of hydrogen-bond donors (Lipinski definition) is 2. The molecule has 1 unspecified atom stereocenters. The van der Waals surface area contributed by atoms with Crippen LogP contribution >= 0.6 is 11.8 Å². The van der Waals surface area contributed by atoms with Crippen LogP contribution in [-0.4, -0.2) is 36.2 Å². The molecule has 1 rings (SSSR count). The number of H-pyrrole nitrogens is 1. The van der Waals surface area contributed by atoms with E-state index < -0.39 is 10.0 Å². The van der Waals surface area contributed by atoms with Gasteiger partial charge in [0, 0.05) is 6.04 Å². The van der Waals surface area contributed by atoms with Gasteiger partial charge in [-0.15, -0.1) is 0 Å². The van der Waals surface area contributed by atoms with Crippen LogP contribution in [0.1, 0.15) is 26.0 Å². The highest BCUT2D eigenvalue weighted by atomic mass is 32.2. The van der Waals surface area contributed by atoms with E-state index in [1.807, 2.05) is 18.7 Å². The van der Waals surface area contributed by atoms with Crippen LogP contribution in [0.5, 0.6) is 0 Å². The Morgan fingerprint density at radius 2 is 2.29 bits per heavy atom. The fourth-order valence-corrected chi connectivity index (χ4v) is 3.63. The normalized spacial score (nSPS) is 13.8. The summed E-state index contributed by atoms with van der Waals surface area (Å²) in [6.07, 6.45) is 2.17. The largest absolute Gasteiger partial charge is 0.281 e. The molecule has 0 amide bonds. The average molecular weight is 277 g/mol. The SMILES string of the molecule is CCSCCC(C)NS(=O)(=O)c1cn[nH]c1C. The molecule has 0 radical (unpaired) electrons. The van der Waals surface area contributed by atoms with Crippen molar-refractivity contribution in [1.82, 2.24) is 14.9 Å². The van der Waals surface area contributed by atoms with E-state index in [0.29, 0.717) is 5.69 Å². The summed E-state index contributed by atoms with van der Waals surface area (Å²) in [5.74, 6) is 2.02. The van der Waals surface area contributed by atoms with Crippen LogP contribution in [0.25, 0.3) is 0 Å². The zero-order valence-electron chi connectivity index (χ0n) is 10.4. The molecule has 1 aromatic heterocycles. The smallest absolute Gasteiger partial charge is 0.244 e. The number of sulfonamides is 1. The van der Waals surface area contributed by atoms with Crippen LogP contribution in [0, 0.1) is 6.92 Å². The Bertz CT molecular complexity index is 442. The first-order valence-corrected chi connectivity index (χ1v) is 8.21. The molecule has 0 aliphatic heterocycles. The van der Waals surface area contributed by atoms with Crippen molar-refractivity contribution in [3.05, 3.63) is 11.9 Å². The Balaban J connectivity index is 2.58. The third-order valence-corrected chi connectivity index (χ3v) is 4.96. The summed E-state index contributed by atoms with van der Waals surface area (Å²) < 4.78 is 26.6. The minimum absolute atomic E-state index is 0.0617. The molecule has 1 atom stereocenters. The predicted octanol–water partition coefficient (Wildman–Crippen LogP) is 1.53. The maximum atomic E-state index is 12.0. The van der Waals surface area contributed by atoms with Gasteiger partial charge in [-0.3, -0.25) is 5.10 Å². The molecule has 0 spiro atoms. The van der Waals surface area contributed by atoms with Gasteiger partial charge < -0.3 is 0 Å². The first-order chi connectivity index (χ1) is 7.97. The molecule has 0 aromatic carbocycles. The lowest BCUT2D eigenvalue weighted by molar-refractivity contribution is 0.556. The second-order valence-electron chi connectivity index (χ2n) is 3.87. The number of hydrogen-bond acceptors (Lipinski definition) is 4. The Morgan fingerprint density at radius 3 is 2.82 bits per heavy atom. The summed E-state index contributed by atoms with van der Waals surface area (Å²) in [6.45, 7) is 5.66. The number of thioether (sulfide) groups is 1. The van der Waals surface area contributed by atoms with Crippen LogP contribution in [0.4, 0.5) is 0 Å². The van der Waals surface area contributed by atoms with Gasteiger partial charge in [-0.05, 0) is 31.8 Å². The molecule has 1 aromatic rings. The fraction of sp³-hybridized carbons (Fsp3) is 0.700. The van der Waals surface area contributed by atoms with Crippen LogP contribution < -0.4 is 4.72 Å². The van der Waals surface area contributed by atoms with Crippen LogP contribution in [-0.2, 0) is 10.0 Å². The molecule has 0 saturated carbocycles. The summed E-state index contributed by atoms with van der Waals surface area (Å²) in [4.78, 5) is 0.229. The summed E-state index contributed by atoms with van der Waals surface area (Å²) >= 11 is 1.81. The summed E-state index contributed by atoms with van der Waals surface area (Å²) in [5, 5.41) is 6.35. The topological polar surface area (TPSA) is 74.8 Å². The minimum atomic E-state index is -3.44. The van der Waals surface area contributed by atoms with Crippen LogP contribution in [0.15, 0.2) is 11.1 Å². The molecule has 1 heterocycles.